The van der Waals surface area contributed by atoms with Crippen LogP contribution in [0.15, 0.2) is 54.6 Å². The van der Waals surface area contributed by atoms with Gasteiger partial charge >= 0.3 is 6.03 Å². The average molecular weight is 498 g/mol. The van der Waals surface area contributed by atoms with E-state index in [2.05, 4.69) is 31.3 Å². The molecule has 0 heterocycles. The Hall–Kier alpha value is -2.69. The molecule has 3 aromatic rings. The summed E-state index contributed by atoms with van der Waals surface area (Å²) in [6.45, 7) is 10.3. The molecule has 4 nitrogen and oxygen atoms in total. The normalized spacial score (nSPS) is 12.0. The highest BCUT2D eigenvalue weighted by molar-refractivity contribution is 6.32. The topological polar surface area (TPSA) is 58.4 Å². The maximum Gasteiger partial charge on any atom is 0.326 e. The maximum atomic E-state index is 13.9. The molecule has 3 rings (SSSR count). The Labute approximate surface area is 213 Å². The van der Waals surface area contributed by atoms with Crippen molar-refractivity contribution >= 4 is 46.3 Å². The van der Waals surface area contributed by atoms with E-state index < -0.39 is 0 Å². The van der Waals surface area contributed by atoms with Gasteiger partial charge in [0, 0.05) is 21.4 Å². The minimum atomic E-state index is -0.245. The smallest absolute Gasteiger partial charge is 0.326 e. The molecular weight excluding hydrogens is 465 g/mol. The van der Waals surface area contributed by atoms with Crippen LogP contribution in [0.2, 0.25) is 10.0 Å². The molecule has 1 atom stereocenters. The summed E-state index contributed by atoms with van der Waals surface area (Å²) >= 11 is 12.6. The summed E-state index contributed by atoms with van der Waals surface area (Å²) < 4.78 is 0. The van der Waals surface area contributed by atoms with Crippen LogP contribution in [0.25, 0.3) is 0 Å². The number of carbonyl (C=O) groups is 1. The number of nitrogens with two attached hydrogens (primary N) is 1. The molecule has 180 valence electrons. The van der Waals surface area contributed by atoms with E-state index in [4.69, 9.17) is 28.9 Å². The molecular formula is C28H33Cl2N3O. The maximum absolute atomic E-state index is 13.9. The second kappa shape index (κ2) is 11.2. The van der Waals surface area contributed by atoms with Crippen molar-refractivity contribution in [3.8, 4) is 0 Å². The van der Waals surface area contributed by atoms with Gasteiger partial charge in [0.1, 0.15) is 0 Å². The number of hydrogen-bond donors (Lipinski definition) is 2. The van der Waals surface area contributed by atoms with Crippen molar-refractivity contribution in [2.45, 2.75) is 59.4 Å². The van der Waals surface area contributed by atoms with Gasteiger partial charge in [0.25, 0.3) is 0 Å². The highest BCUT2D eigenvalue weighted by Crippen LogP contribution is 2.36. The Balaban J connectivity index is 2.08. The minimum absolute atomic E-state index is 0.242. The van der Waals surface area contributed by atoms with Crippen molar-refractivity contribution < 1.29 is 4.79 Å². The van der Waals surface area contributed by atoms with Gasteiger partial charge in [0.15, 0.2) is 0 Å². The molecule has 1 unspecified atom stereocenters. The number of amides is 2. The number of nitrogen functional groups attached to an aromatic ring is 1. The first-order valence-electron chi connectivity index (χ1n) is 11.7. The summed E-state index contributed by atoms with van der Waals surface area (Å²) in [5, 5.41) is 4.37. The highest BCUT2D eigenvalue weighted by atomic mass is 35.5. The molecule has 0 saturated heterocycles. The molecule has 0 aliphatic carbocycles. The lowest BCUT2D eigenvalue weighted by atomic mass is 10.0. The van der Waals surface area contributed by atoms with Crippen molar-refractivity contribution in [3.05, 3.63) is 86.9 Å². The molecule has 6 heteroatoms. The summed E-state index contributed by atoms with van der Waals surface area (Å²) in [7, 11) is 0. The fraction of sp³-hybridized carbons (Fsp3) is 0.321. The first kappa shape index (κ1) is 25.9. The average Bonchev–Trinajstić information content (AvgIpc) is 2.80. The number of anilines is 3. The number of nitrogens with zero attached hydrogens (tertiary/aromatic N) is 1. The molecule has 3 N–H and O–H groups in total. The van der Waals surface area contributed by atoms with E-state index in [1.807, 2.05) is 57.2 Å². The van der Waals surface area contributed by atoms with Crippen LogP contribution in [0, 0.1) is 0 Å². The lowest BCUT2D eigenvalue weighted by molar-refractivity contribution is 0.255. The van der Waals surface area contributed by atoms with E-state index >= 15 is 0 Å². The summed E-state index contributed by atoms with van der Waals surface area (Å²) in [5.74, 6) is 0.402. The monoisotopic (exact) mass is 497 g/mol. The zero-order valence-corrected chi connectivity index (χ0v) is 22.0. The quantitative estimate of drug-likeness (QED) is 0.320. The Morgan fingerprint density at radius 2 is 1.47 bits per heavy atom. The number of rotatable bonds is 7. The van der Waals surface area contributed by atoms with E-state index in [0.29, 0.717) is 40.2 Å². The lowest BCUT2D eigenvalue weighted by Gasteiger charge is -2.31. The molecule has 3 aromatic carbocycles. The summed E-state index contributed by atoms with van der Waals surface area (Å²) in [6.07, 6.45) is 1.36. The summed E-state index contributed by atoms with van der Waals surface area (Å²) in [5.41, 5.74) is 12.3. The van der Waals surface area contributed by atoms with Crippen LogP contribution < -0.4 is 16.0 Å². The molecule has 0 spiro atoms. The van der Waals surface area contributed by atoms with E-state index in [1.165, 1.54) is 5.56 Å². The van der Waals surface area contributed by atoms with Crippen LogP contribution >= 0.6 is 23.2 Å². The van der Waals surface area contributed by atoms with Crippen LogP contribution in [0.1, 0.15) is 68.8 Å². The molecule has 0 fully saturated rings. The molecule has 0 saturated carbocycles. The second-order valence-corrected chi connectivity index (χ2v) is 9.60. The van der Waals surface area contributed by atoms with Crippen LogP contribution in [0.4, 0.5) is 21.9 Å². The first-order valence-corrected chi connectivity index (χ1v) is 12.5. The molecule has 0 bridgehead atoms. The predicted molar refractivity (Wildman–Crippen MR) is 147 cm³/mol. The molecule has 0 aliphatic rings. The molecule has 2 amide bonds. The number of carbonyl (C=O) groups excluding carboxylic acids is 1. The van der Waals surface area contributed by atoms with Gasteiger partial charge < -0.3 is 11.1 Å². The fourth-order valence-electron chi connectivity index (χ4n) is 4.23. The van der Waals surface area contributed by atoms with Crippen LogP contribution in [0.3, 0.4) is 0 Å². The zero-order chi connectivity index (χ0) is 25.0. The van der Waals surface area contributed by atoms with Crippen molar-refractivity contribution in [1.29, 1.82) is 0 Å². The third kappa shape index (κ3) is 5.51. The third-order valence-electron chi connectivity index (χ3n) is 6.26. The zero-order valence-electron chi connectivity index (χ0n) is 20.5. The van der Waals surface area contributed by atoms with Gasteiger partial charge in [0.05, 0.1) is 11.7 Å². The number of urea groups is 1. The number of hydrogen-bond acceptors (Lipinski definition) is 2. The lowest BCUT2D eigenvalue weighted by Crippen LogP contribution is -2.37. The van der Waals surface area contributed by atoms with Crippen LogP contribution in [-0.4, -0.2) is 6.03 Å². The van der Waals surface area contributed by atoms with Gasteiger partial charge in [-0.15, -0.1) is 0 Å². The van der Waals surface area contributed by atoms with Crippen LogP contribution in [0.5, 0.6) is 0 Å². The van der Waals surface area contributed by atoms with Gasteiger partial charge in [-0.05, 0) is 78.3 Å². The third-order valence-corrected chi connectivity index (χ3v) is 6.85. The Kier molecular flexibility index (Phi) is 8.51. The van der Waals surface area contributed by atoms with Gasteiger partial charge in [0.2, 0.25) is 0 Å². The fourth-order valence-corrected chi connectivity index (χ4v) is 4.70. The second-order valence-electron chi connectivity index (χ2n) is 8.76. The van der Waals surface area contributed by atoms with Crippen molar-refractivity contribution in [2.24, 2.45) is 0 Å². The first-order chi connectivity index (χ1) is 16.2. The molecule has 0 radical (unpaired) electrons. The van der Waals surface area contributed by atoms with Crippen LogP contribution in [-0.2, 0) is 12.8 Å². The van der Waals surface area contributed by atoms with Crippen molar-refractivity contribution in [3.63, 3.8) is 0 Å². The number of nitrogens with one attached hydrogen (secondary N) is 1. The van der Waals surface area contributed by atoms with Gasteiger partial charge in [-0.1, -0.05) is 75.2 Å². The largest absolute Gasteiger partial charge is 0.398 e. The predicted octanol–water partition coefficient (Wildman–Crippen LogP) is 8.62. The Bertz CT molecular complexity index is 1110. The van der Waals surface area contributed by atoms with Gasteiger partial charge in [-0.3, -0.25) is 4.90 Å². The molecule has 0 aliphatic heterocycles. The number of halogens is 2. The Morgan fingerprint density at radius 3 is 2.00 bits per heavy atom. The molecule has 0 aromatic heterocycles. The Morgan fingerprint density at radius 1 is 0.912 bits per heavy atom. The van der Waals surface area contributed by atoms with E-state index in [0.717, 1.165) is 22.4 Å². The van der Waals surface area contributed by atoms with Gasteiger partial charge in [-0.2, -0.15) is 0 Å². The summed E-state index contributed by atoms with van der Waals surface area (Å²) in [6, 6.07) is 17.0. The van der Waals surface area contributed by atoms with E-state index in [9.17, 15) is 4.79 Å². The SMILES string of the molecule is CCc1c(N)cc(Cl)c(CC)c1NC(=O)N(c1ccc(C(C)C)cc1)C(C)c1ccc(Cl)cc1. The standard InChI is InChI=1S/C28H33Cl2N3O/c1-6-23-25(30)16-26(31)24(7-2)27(23)32-28(34)33(18(5)20-8-12-21(29)13-9-20)22-14-10-19(11-15-22)17(3)4/h8-18H,6-7,31H2,1-5H3,(H,32,34). The summed E-state index contributed by atoms with van der Waals surface area (Å²) in [4.78, 5) is 15.6. The molecule has 34 heavy (non-hydrogen) atoms. The van der Waals surface area contributed by atoms with E-state index in [-0.39, 0.29) is 12.1 Å². The van der Waals surface area contributed by atoms with E-state index in [1.54, 1.807) is 11.0 Å². The number of benzene rings is 3. The highest BCUT2D eigenvalue weighted by Gasteiger charge is 2.26. The van der Waals surface area contributed by atoms with Gasteiger partial charge in [-0.25, -0.2) is 4.79 Å². The van der Waals surface area contributed by atoms with Crippen molar-refractivity contribution in [1.82, 2.24) is 0 Å². The minimum Gasteiger partial charge on any atom is -0.398 e. The van der Waals surface area contributed by atoms with Crippen molar-refractivity contribution in [2.75, 3.05) is 16.0 Å².